The van der Waals surface area contributed by atoms with Crippen LogP contribution in [-0.2, 0) is 14.3 Å². The molecule has 7 heteroatoms. The molecule has 0 aliphatic heterocycles. The molecule has 0 fully saturated rings. The Hall–Kier alpha value is -1.89. The number of ether oxygens (including phenoxy) is 1. The van der Waals surface area contributed by atoms with Crippen LogP contribution in [0, 0.1) is 0 Å². The summed E-state index contributed by atoms with van der Waals surface area (Å²) in [6, 6.07) is 0. The van der Waals surface area contributed by atoms with E-state index in [2.05, 4.69) is 4.98 Å². The molecular formula is C12H19N3O4. The van der Waals surface area contributed by atoms with Crippen LogP contribution in [0.15, 0.2) is 18.7 Å². The predicted molar refractivity (Wildman–Crippen MR) is 67.2 cm³/mol. The van der Waals surface area contributed by atoms with E-state index in [0.717, 1.165) is 13.0 Å². The van der Waals surface area contributed by atoms with E-state index in [-0.39, 0.29) is 18.8 Å². The summed E-state index contributed by atoms with van der Waals surface area (Å²) < 4.78 is 6.17. The fourth-order valence-corrected chi connectivity index (χ4v) is 1.31. The van der Waals surface area contributed by atoms with Gasteiger partial charge in [0.15, 0.2) is 0 Å². The number of esters is 1. The van der Waals surface area contributed by atoms with E-state index >= 15 is 0 Å². The van der Waals surface area contributed by atoms with Gasteiger partial charge in [0.1, 0.15) is 6.33 Å². The van der Waals surface area contributed by atoms with Crippen molar-refractivity contribution in [2.24, 2.45) is 0 Å². The molecule has 1 aromatic heterocycles. The highest BCUT2D eigenvalue weighted by Gasteiger charge is 2.10. The molecule has 19 heavy (non-hydrogen) atoms. The Labute approximate surface area is 112 Å². The van der Waals surface area contributed by atoms with E-state index in [1.54, 1.807) is 0 Å². The zero-order valence-corrected chi connectivity index (χ0v) is 11.2. The minimum absolute atomic E-state index is 0.00923. The Morgan fingerprint density at radius 3 is 2.63 bits per heavy atom. The van der Waals surface area contributed by atoms with Crippen molar-refractivity contribution in [3.8, 4) is 0 Å². The van der Waals surface area contributed by atoms with E-state index in [1.165, 1.54) is 23.5 Å². The summed E-state index contributed by atoms with van der Waals surface area (Å²) in [6.07, 6.45) is 5.14. The lowest BCUT2D eigenvalue weighted by atomic mass is 10.3. The molecule has 0 unspecified atom stereocenters. The average molecular weight is 269 g/mol. The normalized spacial score (nSPS) is 10.5. The van der Waals surface area contributed by atoms with Crippen LogP contribution in [-0.4, -0.2) is 53.8 Å². The highest BCUT2D eigenvalue weighted by Crippen LogP contribution is 1.96. The minimum Gasteiger partial charge on any atom is -0.466 e. The van der Waals surface area contributed by atoms with Crippen molar-refractivity contribution in [1.29, 1.82) is 0 Å². The van der Waals surface area contributed by atoms with Crippen LogP contribution in [0.4, 0.5) is 0 Å². The van der Waals surface area contributed by atoms with Crippen LogP contribution in [0.5, 0.6) is 0 Å². The summed E-state index contributed by atoms with van der Waals surface area (Å²) in [5, 5.41) is 0. The SMILES string of the molecule is CN(C)CCCOC(=O)CCC(=O)On1ccnc1. The van der Waals surface area contributed by atoms with Crippen molar-refractivity contribution in [3.05, 3.63) is 18.7 Å². The Balaban J connectivity index is 2.07. The van der Waals surface area contributed by atoms with Crippen LogP contribution in [0.25, 0.3) is 0 Å². The smallest absolute Gasteiger partial charge is 0.333 e. The topological polar surface area (TPSA) is 73.7 Å². The number of carbonyl (C=O) groups is 2. The van der Waals surface area contributed by atoms with Gasteiger partial charge in [0.2, 0.25) is 0 Å². The first-order valence-corrected chi connectivity index (χ1v) is 6.07. The van der Waals surface area contributed by atoms with E-state index in [0.29, 0.717) is 6.61 Å². The molecule has 0 aromatic carbocycles. The molecule has 0 amide bonds. The Bertz CT molecular complexity index is 390. The Kier molecular flexibility index (Phi) is 6.59. The molecule has 0 saturated heterocycles. The third-order valence-electron chi connectivity index (χ3n) is 2.23. The second-order valence-electron chi connectivity index (χ2n) is 4.26. The summed E-state index contributed by atoms with van der Waals surface area (Å²) in [5.74, 6) is -0.885. The molecule has 0 bridgehead atoms. The van der Waals surface area contributed by atoms with E-state index in [9.17, 15) is 9.59 Å². The quantitative estimate of drug-likeness (QED) is 0.493. The molecule has 0 aliphatic rings. The molecule has 0 saturated carbocycles. The molecule has 1 aromatic rings. The summed E-state index contributed by atoms with van der Waals surface area (Å²) in [7, 11) is 3.90. The molecule has 1 rings (SSSR count). The Morgan fingerprint density at radius 1 is 1.26 bits per heavy atom. The summed E-state index contributed by atoms with van der Waals surface area (Å²) in [5.41, 5.74) is 0. The second kappa shape index (κ2) is 8.25. The van der Waals surface area contributed by atoms with Gasteiger partial charge in [-0.25, -0.2) is 9.78 Å². The molecule has 7 nitrogen and oxygen atoms in total. The van der Waals surface area contributed by atoms with Crippen LogP contribution < -0.4 is 4.84 Å². The Morgan fingerprint density at radius 2 is 2.00 bits per heavy atom. The first-order valence-electron chi connectivity index (χ1n) is 6.07. The molecule has 0 atom stereocenters. The first-order chi connectivity index (χ1) is 9.08. The number of hydrogen-bond donors (Lipinski definition) is 0. The standard InChI is InChI=1S/C12H19N3O4/c1-14(2)7-3-9-18-11(16)4-5-12(17)19-15-8-6-13-10-15/h6,8,10H,3-5,7,9H2,1-2H3. The van der Waals surface area contributed by atoms with Gasteiger partial charge >= 0.3 is 11.9 Å². The van der Waals surface area contributed by atoms with Gasteiger partial charge in [0, 0.05) is 12.7 Å². The fraction of sp³-hybridized carbons (Fsp3) is 0.583. The van der Waals surface area contributed by atoms with Crippen molar-refractivity contribution >= 4 is 11.9 Å². The van der Waals surface area contributed by atoms with E-state index in [1.807, 2.05) is 19.0 Å². The zero-order chi connectivity index (χ0) is 14.1. The van der Waals surface area contributed by atoms with E-state index in [4.69, 9.17) is 9.57 Å². The largest absolute Gasteiger partial charge is 0.466 e. The monoisotopic (exact) mass is 269 g/mol. The van der Waals surface area contributed by atoms with E-state index < -0.39 is 5.97 Å². The van der Waals surface area contributed by atoms with Crippen molar-refractivity contribution < 1.29 is 19.2 Å². The summed E-state index contributed by atoms with van der Waals surface area (Å²) >= 11 is 0. The van der Waals surface area contributed by atoms with Gasteiger partial charge < -0.3 is 14.5 Å². The molecule has 0 N–H and O–H groups in total. The molecule has 1 heterocycles. The summed E-state index contributed by atoms with van der Waals surface area (Å²) in [6.45, 7) is 1.23. The summed E-state index contributed by atoms with van der Waals surface area (Å²) in [4.78, 5) is 33.3. The van der Waals surface area contributed by atoms with Crippen LogP contribution in [0.3, 0.4) is 0 Å². The first kappa shape index (κ1) is 15.2. The van der Waals surface area contributed by atoms with Gasteiger partial charge in [-0.1, -0.05) is 0 Å². The highest BCUT2D eigenvalue weighted by atomic mass is 16.7. The van der Waals surface area contributed by atoms with Crippen LogP contribution in [0.1, 0.15) is 19.3 Å². The lowest BCUT2D eigenvalue weighted by molar-refractivity contribution is -0.150. The van der Waals surface area contributed by atoms with Crippen molar-refractivity contribution in [3.63, 3.8) is 0 Å². The van der Waals surface area contributed by atoms with Gasteiger partial charge in [0.25, 0.3) is 0 Å². The van der Waals surface area contributed by atoms with Crippen molar-refractivity contribution in [2.45, 2.75) is 19.3 Å². The fourth-order valence-electron chi connectivity index (χ4n) is 1.31. The second-order valence-corrected chi connectivity index (χ2v) is 4.26. The van der Waals surface area contributed by atoms with Gasteiger partial charge in [-0.05, 0) is 20.5 Å². The lowest BCUT2D eigenvalue weighted by Crippen LogP contribution is -2.20. The van der Waals surface area contributed by atoms with Crippen molar-refractivity contribution in [2.75, 3.05) is 27.2 Å². The van der Waals surface area contributed by atoms with Crippen molar-refractivity contribution in [1.82, 2.24) is 14.6 Å². The number of imidazole rings is 1. The van der Waals surface area contributed by atoms with Gasteiger partial charge in [-0.2, -0.15) is 4.73 Å². The molecule has 0 spiro atoms. The number of aromatic nitrogens is 2. The molecule has 0 radical (unpaired) electrons. The zero-order valence-electron chi connectivity index (χ0n) is 11.2. The molecule has 106 valence electrons. The third-order valence-corrected chi connectivity index (χ3v) is 2.23. The maximum absolute atomic E-state index is 11.3. The number of hydrogen-bond acceptors (Lipinski definition) is 6. The third kappa shape index (κ3) is 7.20. The average Bonchev–Trinajstić information content (AvgIpc) is 2.84. The highest BCUT2D eigenvalue weighted by molar-refractivity contribution is 5.77. The lowest BCUT2D eigenvalue weighted by Gasteiger charge is -2.09. The van der Waals surface area contributed by atoms with Crippen LogP contribution in [0.2, 0.25) is 0 Å². The van der Waals surface area contributed by atoms with Gasteiger partial charge in [-0.3, -0.25) is 4.79 Å². The minimum atomic E-state index is -0.497. The van der Waals surface area contributed by atoms with Gasteiger partial charge in [-0.15, -0.1) is 0 Å². The number of carbonyl (C=O) groups excluding carboxylic acids is 2. The predicted octanol–water partition coefficient (Wildman–Crippen LogP) is 0.113. The maximum atomic E-state index is 11.3. The van der Waals surface area contributed by atoms with Crippen LogP contribution >= 0.6 is 0 Å². The number of rotatable bonds is 8. The molecule has 0 aliphatic carbocycles. The number of nitrogens with zero attached hydrogens (tertiary/aromatic N) is 3. The molecular weight excluding hydrogens is 250 g/mol. The van der Waals surface area contributed by atoms with Gasteiger partial charge in [0.05, 0.1) is 25.6 Å². The maximum Gasteiger partial charge on any atom is 0.333 e.